The van der Waals surface area contributed by atoms with Gasteiger partial charge in [-0.05, 0) is 19.1 Å². The van der Waals surface area contributed by atoms with Crippen molar-refractivity contribution in [1.29, 1.82) is 0 Å². The third-order valence-corrected chi connectivity index (χ3v) is 6.62. The summed E-state index contributed by atoms with van der Waals surface area (Å²) < 4.78 is 264. The van der Waals surface area contributed by atoms with Crippen LogP contribution in [-0.2, 0) is 9.22 Å². The Morgan fingerprint density at radius 2 is 0.838 bits per heavy atom. The molecule has 0 unspecified atom stereocenters. The van der Waals surface area contributed by atoms with E-state index in [-0.39, 0.29) is 0 Å². The van der Waals surface area contributed by atoms with Crippen molar-refractivity contribution >= 4 is 14.3 Å². The first-order valence-corrected chi connectivity index (χ1v) is 11.7. The number of hydrogen-bond acceptors (Lipinski definition) is 2. The lowest BCUT2D eigenvalue weighted by atomic mass is 9.88. The van der Waals surface area contributed by atoms with Gasteiger partial charge in [0.2, 0.25) is 8.32 Å². The van der Waals surface area contributed by atoms with Crippen molar-refractivity contribution in [2.24, 2.45) is 0 Å². The van der Waals surface area contributed by atoms with Crippen LogP contribution in [0.3, 0.4) is 0 Å². The van der Waals surface area contributed by atoms with Crippen molar-refractivity contribution in [2.75, 3.05) is 0 Å². The molecule has 0 radical (unpaired) electrons. The summed E-state index contributed by atoms with van der Waals surface area (Å²) in [6, 6.07) is -1.93. The van der Waals surface area contributed by atoms with E-state index in [0.29, 0.717) is 13.1 Å². The Hall–Kier alpha value is -1.71. The molecule has 0 atom stereocenters. The molecule has 0 aliphatic rings. The number of hydrogen-bond donors (Lipinski definition) is 0. The molecule has 0 bridgehead atoms. The summed E-state index contributed by atoms with van der Waals surface area (Å²) in [6.07, 6.45) is -16.7. The first kappa shape index (κ1) is 35.3. The van der Waals surface area contributed by atoms with Crippen molar-refractivity contribution in [1.82, 2.24) is 0 Å². The molecule has 0 fully saturated rings. The van der Waals surface area contributed by atoms with E-state index in [2.05, 4.69) is 4.43 Å². The second-order valence-electron chi connectivity index (χ2n) is 7.80. The lowest BCUT2D eigenvalue weighted by Crippen LogP contribution is -2.74. The van der Waals surface area contributed by atoms with Crippen molar-refractivity contribution in [3.05, 3.63) is 0 Å². The molecule has 2 nitrogen and oxygen atoms in total. The molecule has 222 valence electrons. The Kier molecular flexibility index (Phi) is 8.77. The first-order chi connectivity index (χ1) is 15.6. The Morgan fingerprint density at radius 1 is 0.541 bits per heavy atom. The average molecular weight is 618 g/mol. The van der Waals surface area contributed by atoms with Gasteiger partial charge in [0.05, 0.1) is 0 Å². The highest BCUT2D eigenvalue weighted by Crippen LogP contribution is 2.64. The van der Waals surface area contributed by atoms with Gasteiger partial charge >= 0.3 is 59.8 Å². The van der Waals surface area contributed by atoms with Crippen LogP contribution < -0.4 is 0 Å². The van der Waals surface area contributed by atoms with Gasteiger partial charge in [-0.1, -0.05) is 0 Å². The first-order valence-electron chi connectivity index (χ1n) is 8.60. The van der Waals surface area contributed by atoms with Gasteiger partial charge in [-0.25, -0.2) is 4.79 Å². The minimum atomic E-state index is -8.78. The maximum Gasteiger partial charge on any atom is 0.489 e. The predicted octanol–water partition coefficient (Wildman–Crippen LogP) is 7.70. The normalized spacial score (nSPS) is 16.2. The van der Waals surface area contributed by atoms with E-state index >= 15 is 0 Å². The van der Waals surface area contributed by atoms with E-state index in [4.69, 9.17) is 0 Å². The van der Waals surface area contributed by atoms with Crippen molar-refractivity contribution in [3.8, 4) is 0 Å². The quantitative estimate of drug-likeness (QED) is 0.186. The average Bonchev–Trinajstić information content (AvgIpc) is 2.63. The SMILES string of the molecule is C[Si](C)(CCC(F)(F)C(F)(F)C(F)(F)C(F)(F)C(F)(F)C(F)(F)C(F)(F)C(F)(F)F)OC(=O)C(F)(F)F. The molecule has 23 heteroatoms. The monoisotopic (exact) mass is 618 g/mol. The molecule has 0 rings (SSSR count). The smallest absolute Gasteiger partial charge is 0.489 e. The summed E-state index contributed by atoms with van der Waals surface area (Å²) in [4.78, 5) is 10.7. The predicted molar refractivity (Wildman–Crippen MR) is 79.7 cm³/mol. The number of carbonyl (C=O) groups excluding carboxylic acids is 1. The van der Waals surface area contributed by atoms with Crippen LogP contribution in [0.2, 0.25) is 19.1 Å². The third kappa shape index (κ3) is 5.69. The molecule has 0 aromatic carbocycles. The van der Waals surface area contributed by atoms with Crippen LogP contribution in [0, 0.1) is 0 Å². The van der Waals surface area contributed by atoms with E-state index in [1.54, 1.807) is 0 Å². The zero-order chi connectivity index (χ0) is 30.7. The molecular weight excluding hydrogens is 608 g/mol. The van der Waals surface area contributed by atoms with Crippen LogP contribution >= 0.6 is 0 Å². The fraction of sp³-hybridized carbons (Fsp3) is 0.929. The van der Waals surface area contributed by atoms with E-state index in [1.165, 1.54) is 0 Å². The fourth-order valence-corrected chi connectivity index (χ4v) is 3.81. The minimum absolute atomic E-state index is 0.380. The van der Waals surface area contributed by atoms with Crippen LogP contribution in [0.15, 0.2) is 0 Å². The van der Waals surface area contributed by atoms with E-state index < -0.39 is 80.6 Å². The number of rotatable bonds is 10. The number of carbonyl (C=O) groups is 1. The highest BCUT2D eigenvalue weighted by Gasteiger charge is 2.95. The molecule has 0 aromatic heterocycles. The van der Waals surface area contributed by atoms with Crippen LogP contribution in [0.25, 0.3) is 0 Å². The van der Waals surface area contributed by atoms with Crippen LogP contribution in [-0.4, -0.2) is 68.1 Å². The molecule has 37 heavy (non-hydrogen) atoms. The summed E-state index contributed by atoms with van der Waals surface area (Å²) in [7, 11) is -4.59. The van der Waals surface area contributed by atoms with Crippen molar-refractivity contribution in [2.45, 2.75) is 79.4 Å². The number of alkyl halides is 20. The zero-order valence-corrected chi connectivity index (χ0v) is 18.3. The van der Waals surface area contributed by atoms with Gasteiger partial charge in [0.25, 0.3) is 0 Å². The lowest BCUT2D eigenvalue weighted by molar-refractivity contribution is -0.461. The molecule has 0 saturated heterocycles. The summed E-state index contributed by atoms with van der Waals surface area (Å²) in [5, 5.41) is 0. The molecule has 0 heterocycles. The minimum Gasteiger partial charge on any atom is -0.513 e. The second kappa shape index (κ2) is 9.19. The van der Waals surface area contributed by atoms with Crippen molar-refractivity contribution < 1.29 is 97.0 Å². The molecule has 0 saturated carbocycles. The van der Waals surface area contributed by atoms with E-state index in [1.807, 2.05) is 0 Å². The van der Waals surface area contributed by atoms with Gasteiger partial charge in [0, 0.05) is 6.42 Å². The highest BCUT2D eigenvalue weighted by atomic mass is 28.4. The Labute approximate surface area is 192 Å². The van der Waals surface area contributed by atoms with Gasteiger partial charge in [-0.3, -0.25) is 0 Å². The van der Waals surface area contributed by atoms with Crippen LogP contribution in [0.5, 0.6) is 0 Å². The maximum absolute atomic E-state index is 13.8. The van der Waals surface area contributed by atoms with Crippen LogP contribution in [0.4, 0.5) is 87.8 Å². The molecule has 0 N–H and O–H groups in total. The molecule has 0 aliphatic heterocycles. The van der Waals surface area contributed by atoms with Gasteiger partial charge in [-0.15, -0.1) is 0 Å². The largest absolute Gasteiger partial charge is 0.513 e. The summed E-state index contributed by atoms with van der Waals surface area (Å²) >= 11 is 0. The van der Waals surface area contributed by atoms with Gasteiger partial charge in [-0.2, -0.15) is 87.8 Å². The van der Waals surface area contributed by atoms with Gasteiger partial charge in [0.1, 0.15) is 0 Å². The molecule has 0 aromatic rings. The third-order valence-electron chi connectivity index (χ3n) is 4.43. The maximum atomic E-state index is 13.8. The molecular formula is C14H10F20O2Si. The fourth-order valence-electron chi connectivity index (χ4n) is 2.17. The van der Waals surface area contributed by atoms with E-state index in [0.717, 1.165) is 0 Å². The van der Waals surface area contributed by atoms with Crippen LogP contribution in [0.1, 0.15) is 6.42 Å². The highest BCUT2D eigenvalue weighted by molar-refractivity contribution is 6.72. The van der Waals surface area contributed by atoms with Crippen molar-refractivity contribution in [3.63, 3.8) is 0 Å². The Morgan fingerprint density at radius 3 is 1.14 bits per heavy atom. The lowest BCUT2D eigenvalue weighted by Gasteiger charge is -2.43. The molecule has 0 amide bonds. The zero-order valence-electron chi connectivity index (χ0n) is 17.3. The summed E-state index contributed by atoms with van der Waals surface area (Å²) in [6.45, 7) is 0.761. The van der Waals surface area contributed by atoms with Gasteiger partial charge in [0.15, 0.2) is 0 Å². The Bertz CT molecular complexity index is 839. The standard InChI is InChI=1S/C14H10F20O2Si/c1-37(2,36-5(35)7(17,18)19)4-3-6(15,16)8(20,21)9(22,23)10(24,25)11(26,27)12(28,29)13(30,31)14(32,33)34/h3-4H2,1-2H3. The molecule has 0 aliphatic carbocycles. The second-order valence-corrected chi connectivity index (χ2v) is 12.0. The Balaban J connectivity index is 6.39. The summed E-state index contributed by atoms with van der Waals surface area (Å²) in [5.41, 5.74) is 0. The van der Waals surface area contributed by atoms with Gasteiger partial charge < -0.3 is 4.43 Å². The summed E-state index contributed by atoms with van der Waals surface area (Å²) in [5.74, 6) is -60.8. The topological polar surface area (TPSA) is 26.3 Å². The molecule has 0 spiro atoms. The van der Waals surface area contributed by atoms with E-state index in [9.17, 15) is 92.6 Å². The number of halogens is 20.